The summed E-state index contributed by atoms with van der Waals surface area (Å²) in [5.74, 6) is 0.210. The van der Waals surface area contributed by atoms with E-state index in [0.29, 0.717) is 21.8 Å². The molecule has 0 saturated heterocycles. The van der Waals surface area contributed by atoms with Crippen LogP contribution in [-0.4, -0.2) is 32.5 Å². The van der Waals surface area contributed by atoms with E-state index < -0.39 is 11.7 Å². The minimum Gasteiger partial charge on any atom is -0.444 e. The summed E-state index contributed by atoms with van der Waals surface area (Å²) in [5.41, 5.74) is 1.70. The van der Waals surface area contributed by atoms with Crippen molar-refractivity contribution >= 4 is 35.3 Å². The maximum atomic E-state index is 12.6. The molecule has 0 fully saturated rings. The van der Waals surface area contributed by atoms with Crippen LogP contribution in [0.4, 0.5) is 16.5 Å². The first-order valence-corrected chi connectivity index (χ1v) is 13.0. The Kier molecular flexibility index (Phi) is 8.76. The molecule has 3 aromatic rings. The van der Waals surface area contributed by atoms with Crippen LogP contribution in [0.15, 0.2) is 28.8 Å². The Labute approximate surface area is 233 Å². The molecule has 2 amide bonds. The maximum Gasteiger partial charge on any atom is 0.413 e. The van der Waals surface area contributed by atoms with Crippen LogP contribution in [0, 0.1) is 16.7 Å². The lowest BCUT2D eigenvalue weighted by Crippen LogP contribution is -2.28. The number of hydrogen-bond acceptors (Lipinski definition) is 7. The first kappa shape index (κ1) is 29.7. The smallest absolute Gasteiger partial charge is 0.413 e. The van der Waals surface area contributed by atoms with Gasteiger partial charge in [-0.2, -0.15) is 10.4 Å². The van der Waals surface area contributed by atoms with Crippen LogP contribution in [0.1, 0.15) is 78.3 Å². The third kappa shape index (κ3) is 8.07. The highest BCUT2D eigenvalue weighted by Crippen LogP contribution is 2.35. The monoisotopic (exact) mass is 554 g/mol. The van der Waals surface area contributed by atoms with E-state index in [9.17, 15) is 14.9 Å². The number of benzene rings is 1. The van der Waals surface area contributed by atoms with Crippen molar-refractivity contribution in [1.29, 1.82) is 5.26 Å². The van der Waals surface area contributed by atoms with Gasteiger partial charge >= 0.3 is 6.09 Å². The zero-order valence-corrected chi connectivity index (χ0v) is 24.4. The number of nitriles is 1. The van der Waals surface area contributed by atoms with E-state index in [1.54, 1.807) is 49.7 Å². The van der Waals surface area contributed by atoms with Crippen molar-refractivity contribution in [2.45, 2.75) is 79.9 Å². The van der Waals surface area contributed by atoms with Crippen molar-refractivity contribution in [3.05, 3.63) is 46.1 Å². The van der Waals surface area contributed by atoms with E-state index >= 15 is 0 Å². The van der Waals surface area contributed by atoms with Gasteiger partial charge < -0.3 is 9.26 Å². The zero-order chi connectivity index (χ0) is 29.1. The van der Waals surface area contributed by atoms with Crippen molar-refractivity contribution in [3.63, 3.8) is 0 Å². The minimum atomic E-state index is -0.712. The van der Waals surface area contributed by atoms with Gasteiger partial charge in [0.05, 0.1) is 17.1 Å². The number of nitrogens with one attached hydrogen (secondary N) is 2. The quantitative estimate of drug-likeness (QED) is 0.329. The predicted octanol–water partition coefficient (Wildman–Crippen LogP) is 6.76. The van der Waals surface area contributed by atoms with Crippen molar-refractivity contribution in [3.8, 4) is 17.3 Å². The Balaban J connectivity index is 1.81. The van der Waals surface area contributed by atoms with Crippen molar-refractivity contribution in [2.24, 2.45) is 5.41 Å². The molecule has 2 N–H and O–H groups in total. The van der Waals surface area contributed by atoms with Gasteiger partial charge in [0.1, 0.15) is 22.9 Å². The second-order valence-corrected chi connectivity index (χ2v) is 12.2. The normalized spacial score (nSPS) is 11.8. The molecule has 0 aliphatic heterocycles. The second-order valence-electron chi connectivity index (χ2n) is 11.8. The fourth-order valence-electron chi connectivity index (χ4n) is 3.85. The van der Waals surface area contributed by atoms with Crippen molar-refractivity contribution < 1.29 is 18.8 Å². The molecule has 0 radical (unpaired) electrons. The van der Waals surface area contributed by atoms with Crippen molar-refractivity contribution in [1.82, 2.24) is 14.9 Å². The summed E-state index contributed by atoms with van der Waals surface area (Å²) >= 11 is 6.60. The summed E-state index contributed by atoms with van der Waals surface area (Å²) in [7, 11) is 0. The molecule has 2 heterocycles. The van der Waals surface area contributed by atoms with E-state index in [0.717, 1.165) is 12.1 Å². The Bertz CT molecular complexity index is 1400. The standard InChI is InChI=1S/C28H35ClN6O4/c1-16(2)35-25(32-26(37)38-28(6,7)8)20(15-30)24(33-35)19-10-9-17(11-21(19)29)12-22(36)31-23-13-18(34-39-23)14-27(3,4)5/h9-11,13,16H,12,14H2,1-8H3,(H,31,36)(H,32,37). The molecular formula is C28H35ClN6O4. The first-order chi connectivity index (χ1) is 18.1. The van der Waals surface area contributed by atoms with Gasteiger partial charge in [-0.3, -0.25) is 15.4 Å². The molecule has 1 aromatic carbocycles. The first-order valence-electron chi connectivity index (χ1n) is 12.6. The van der Waals surface area contributed by atoms with Gasteiger partial charge in [-0.25, -0.2) is 9.48 Å². The summed E-state index contributed by atoms with van der Waals surface area (Å²) in [5, 5.41) is 24.2. The van der Waals surface area contributed by atoms with E-state index in [2.05, 4.69) is 47.7 Å². The lowest BCUT2D eigenvalue weighted by molar-refractivity contribution is -0.115. The molecule has 11 heteroatoms. The molecular weight excluding hydrogens is 520 g/mol. The zero-order valence-electron chi connectivity index (χ0n) is 23.6. The van der Waals surface area contributed by atoms with Gasteiger partial charge in [-0.15, -0.1) is 0 Å². The Morgan fingerprint density at radius 3 is 2.41 bits per heavy atom. The number of rotatable bonds is 7. The fraction of sp³-hybridized carbons (Fsp3) is 0.464. The SMILES string of the molecule is CC(C)n1nc(-c2ccc(CC(=O)Nc3cc(CC(C)(C)C)no3)cc2Cl)c(C#N)c1NC(=O)OC(C)(C)C. The van der Waals surface area contributed by atoms with Gasteiger partial charge in [0.2, 0.25) is 11.8 Å². The largest absolute Gasteiger partial charge is 0.444 e. The van der Waals surface area contributed by atoms with E-state index in [1.165, 1.54) is 0 Å². The van der Waals surface area contributed by atoms with Crippen LogP contribution < -0.4 is 10.6 Å². The fourth-order valence-corrected chi connectivity index (χ4v) is 4.14. The van der Waals surface area contributed by atoms with Crippen LogP contribution in [-0.2, 0) is 22.4 Å². The molecule has 2 aromatic heterocycles. The van der Waals surface area contributed by atoms with Gasteiger partial charge in [0.15, 0.2) is 5.82 Å². The minimum absolute atomic E-state index is 0.0413. The molecule has 3 rings (SSSR count). The van der Waals surface area contributed by atoms with Crippen LogP contribution in [0.5, 0.6) is 0 Å². The summed E-state index contributed by atoms with van der Waals surface area (Å²) < 4.78 is 12.1. The predicted molar refractivity (Wildman–Crippen MR) is 150 cm³/mol. The van der Waals surface area contributed by atoms with Crippen LogP contribution in [0.2, 0.25) is 5.02 Å². The molecule has 0 spiro atoms. The van der Waals surface area contributed by atoms with E-state index in [4.69, 9.17) is 20.9 Å². The molecule has 39 heavy (non-hydrogen) atoms. The Hall–Kier alpha value is -3.84. The number of halogens is 1. The lowest BCUT2D eigenvalue weighted by atomic mass is 9.91. The third-order valence-electron chi connectivity index (χ3n) is 5.32. The third-order valence-corrected chi connectivity index (χ3v) is 5.63. The highest BCUT2D eigenvalue weighted by molar-refractivity contribution is 6.33. The second kappa shape index (κ2) is 11.5. The topological polar surface area (TPSA) is 135 Å². The number of carbonyl (C=O) groups excluding carboxylic acids is 2. The number of anilines is 2. The number of aromatic nitrogens is 3. The molecule has 0 atom stereocenters. The number of ether oxygens (including phenoxy) is 1. The van der Waals surface area contributed by atoms with Gasteiger partial charge in [0.25, 0.3) is 0 Å². The number of carbonyl (C=O) groups is 2. The summed E-state index contributed by atoms with van der Waals surface area (Å²) in [4.78, 5) is 25.1. The lowest BCUT2D eigenvalue weighted by Gasteiger charge is -2.20. The maximum absolute atomic E-state index is 12.6. The van der Waals surface area contributed by atoms with Crippen LogP contribution in [0.3, 0.4) is 0 Å². The average molecular weight is 555 g/mol. The van der Waals surface area contributed by atoms with Gasteiger partial charge in [0, 0.05) is 17.7 Å². The van der Waals surface area contributed by atoms with Crippen molar-refractivity contribution in [2.75, 3.05) is 10.6 Å². The van der Waals surface area contributed by atoms with Crippen LogP contribution >= 0.6 is 11.6 Å². The Morgan fingerprint density at radius 2 is 1.85 bits per heavy atom. The summed E-state index contributed by atoms with van der Waals surface area (Å²) in [6.07, 6.45) is 0.0687. The van der Waals surface area contributed by atoms with E-state index in [-0.39, 0.29) is 41.1 Å². The van der Waals surface area contributed by atoms with Gasteiger partial charge in [-0.1, -0.05) is 49.7 Å². The van der Waals surface area contributed by atoms with Gasteiger partial charge in [-0.05, 0) is 58.1 Å². The average Bonchev–Trinajstić information content (AvgIpc) is 3.34. The summed E-state index contributed by atoms with van der Waals surface area (Å²) in [6, 6.07) is 8.77. The van der Waals surface area contributed by atoms with Crippen LogP contribution in [0.25, 0.3) is 11.3 Å². The number of nitrogens with zero attached hydrogens (tertiary/aromatic N) is 4. The molecule has 0 saturated carbocycles. The molecule has 0 aliphatic carbocycles. The highest BCUT2D eigenvalue weighted by Gasteiger charge is 2.26. The number of amides is 2. The molecule has 10 nitrogen and oxygen atoms in total. The summed E-state index contributed by atoms with van der Waals surface area (Å²) in [6.45, 7) is 15.3. The molecule has 0 aliphatic rings. The van der Waals surface area contributed by atoms with E-state index in [1.807, 2.05) is 13.8 Å². The molecule has 0 unspecified atom stereocenters. The molecule has 0 bridgehead atoms. The Morgan fingerprint density at radius 1 is 1.15 bits per heavy atom. The number of hydrogen-bond donors (Lipinski definition) is 2. The highest BCUT2D eigenvalue weighted by atomic mass is 35.5. The molecule has 208 valence electrons.